The zero-order chi connectivity index (χ0) is 12.1. The Hall–Kier alpha value is -0.970. The van der Waals surface area contributed by atoms with Gasteiger partial charge in [0.15, 0.2) is 5.92 Å². The minimum absolute atomic E-state index is 0.627. The van der Waals surface area contributed by atoms with E-state index in [0.29, 0.717) is 0 Å². The van der Waals surface area contributed by atoms with E-state index in [2.05, 4.69) is 0 Å². The van der Waals surface area contributed by atoms with Crippen molar-refractivity contribution in [3.8, 4) is 6.07 Å². The van der Waals surface area contributed by atoms with Gasteiger partial charge in [0, 0.05) is 13.1 Å². The van der Waals surface area contributed by atoms with Crippen molar-refractivity contribution < 1.29 is 26.3 Å². The smallest absolute Gasteiger partial charge is 0.315 e. The van der Waals surface area contributed by atoms with Gasteiger partial charge in [-0.05, 0) is 0 Å². The summed E-state index contributed by atoms with van der Waals surface area (Å²) in [4.78, 5) is 0. The average molecular weight is 234 g/mol. The lowest BCUT2D eigenvalue weighted by Crippen LogP contribution is -2.34. The standard InChI is InChI=1S/C7H8F6N2/c8-6(9,10)1-2-15-4-5(3-14)7(11,12)13/h5,15H,1-2,4H2. The maximum absolute atomic E-state index is 11.9. The summed E-state index contributed by atoms with van der Waals surface area (Å²) in [5.41, 5.74) is 0. The SMILES string of the molecule is N#CC(CNCCC(F)(F)F)C(F)(F)F. The number of rotatable bonds is 4. The third-order valence-corrected chi connectivity index (χ3v) is 1.48. The van der Waals surface area contributed by atoms with E-state index >= 15 is 0 Å². The van der Waals surface area contributed by atoms with Crippen LogP contribution in [0, 0.1) is 17.2 Å². The van der Waals surface area contributed by atoms with E-state index in [9.17, 15) is 26.3 Å². The van der Waals surface area contributed by atoms with Gasteiger partial charge in [-0.25, -0.2) is 0 Å². The highest BCUT2D eigenvalue weighted by Gasteiger charge is 2.39. The first kappa shape index (κ1) is 14.0. The summed E-state index contributed by atoms with van der Waals surface area (Å²) in [5, 5.41) is 10.0. The fourth-order valence-corrected chi connectivity index (χ4v) is 0.711. The molecule has 2 nitrogen and oxygen atoms in total. The van der Waals surface area contributed by atoms with Gasteiger partial charge in [0.05, 0.1) is 12.5 Å². The third-order valence-electron chi connectivity index (χ3n) is 1.48. The highest BCUT2D eigenvalue weighted by Crippen LogP contribution is 2.25. The molecule has 0 aromatic rings. The van der Waals surface area contributed by atoms with Crippen LogP contribution in [0.3, 0.4) is 0 Å². The molecule has 0 heterocycles. The molecule has 1 N–H and O–H groups in total. The van der Waals surface area contributed by atoms with Crippen LogP contribution in [0.25, 0.3) is 0 Å². The van der Waals surface area contributed by atoms with Crippen molar-refractivity contribution in [1.29, 1.82) is 5.26 Å². The van der Waals surface area contributed by atoms with Crippen LogP contribution < -0.4 is 5.32 Å². The third kappa shape index (κ3) is 7.02. The molecule has 0 aliphatic carbocycles. The summed E-state index contributed by atoms with van der Waals surface area (Å²) in [7, 11) is 0. The monoisotopic (exact) mass is 234 g/mol. The Morgan fingerprint density at radius 1 is 1.13 bits per heavy atom. The molecular formula is C7H8F6N2. The first-order chi connectivity index (χ1) is 6.67. The van der Waals surface area contributed by atoms with Crippen LogP contribution in [0.5, 0.6) is 0 Å². The molecule has 0 aromatic carbocycles. The number of hydrogen-bond donors (Lipinski definition) is 1. The van der Waals surface area contributed by atoms with Crippen molar-refractivity contribution in [2.75, 3.05) is 13.1 Å². The molecule has 1 atom stereocenters. The van der Waals surface area contributed by atoms with Crippen LogP contribution in [0.15, 0.2) is 0 Å². The Labute approximate surface area is 81.9 Å². The summed E-state index contributed by atoms with van der Waals surface area (Å²) in [5.74, 6) is -2.27. The van der Waals surface area contributed by atoms with Crippen LogP contribution >= 0.6 is 0 Å². The Bertz CT molecular complexity index is 225. The van der Waals surface area contributed by atoms with Crippen molar-refractivity contribution in [2.24, 2.45) is 5.92 Å². The number of nitrogens with one attached hydrogen (secondary N) is 1. The number of nitrogens with zero attached hydrogens (tertiary/aromatic N) is 1. The van der Waals surface area contributed by atoms with Crippen molar-refractivity contribution in [3.05, 3.63) is 0 Å². The van der Waals surface area contributed by atoms with E-state index in [1.54, 1.807) is 0 Å². The zero-order valence-electron chi connectivity index (χ0n) is 7.41. The van der Waals surface area contributed by atoms with Crippen molar-refractivity contribution in [2.45, 2.75) is 18.8 Å². The Morgan fingerprint density at radius 3 is 2.00 bits per heavy atom. The fourth-order valence-electron chi connectivity index (χ4n) is 0.711. The summed E-state index contributed by atoms with van der Waals surface area (Å²) in [6.45, 7) is -1.45. The molecule has 0 fully saturated rings. The lowest BCUT2D eigenvalue weighted by atomic mass is 10.1. The van der Waals surface area contributed by atoms with Gasteiger partial charge < -0.3 is 5.32 Å². The molecule has 0 saturated heterocycles. The van der Waals surface area contributed by atoms with E-state index < -0.39 is 37.8 Å². The molecule has 0 spiro atoms. The quantitative estimate of drug-likeness (QED) is 0.598. The molecule has 1 unspecified atom stereocenters. The van der Waals surface area contributed by atoms with Crippen LogP contribution in [0.2, 0.25) is 0 Å². The van der Waals surface area contributed by atoms with Gasteiger partial charge in [-0.1, -0.05) is 0 Å². The van der Waals surface area contributed by atoms with Crippen molar-refractivity contribution in [1.82, 2.24) is 5.32 Å². The van der Waals surface area contributed by atoms with Gasteiger partial charge >= 0.3 is 12.4 Å². The molecular weight excluding hydrogens is 226 g/mol. The van der Waals surface area contributed by atoms with Gasteiger partial charge in [0.25, 0.3) is 0 Å². The number of nitriles is 1. The van der Waals surface area contributed by atoms with E-state index in [-0.39, 0.29) is 0 Å². The Kier molecular flexibility index (Phi) is 4.87. The lowest BCUT2D eigenvalue weighted by Gasteiger charge is -2.14. The van der Waals surface area contributed by atoms with E-state index in [4.69, 9.17) is 5.26 Å². The largest absolute Gasteiger partial charge is 0.405 e. The second-order valence-electron chi connectivity index (χ2n) is 2.79. The van der Waals surface area contributed by atoms with Gasteiger partial charge in [-0.3, -0.25) is 0 Å². The summed E-state index contributed by atoms with van der Waals surface area (Å²) < 4.78 is 70.4. The fraction of sp³-hybridized carbons (Fsp3) is 0.857. The van der Waals surface area contributed by atoms with Gasteiger partial charge in [-0.15, -0.1) is 0 Å². The average Bonchev–Trinajstić information content (AvgIpc) is 1.99. The predicted octanol–water partition coefficient (Wildman–Crippen LogP) is 2.23. The van der Waals surface area contributed by atoms with Crippen LogP contribution in [-0.2, 0) is 0 Å². The topological polar surface area (TPSA) is 35.8 Å². The summed E-state index contributed by atoms with van der Waals surface area (Å²) in [6.07, 6.45) is -10.3. The highest BCUT2D eigenvalue weighted by atomic mass is 19.4. The van der Waals surface area contributed by atoms with Crippen molar-refractivity contribution in [3.63, 3.8) is 0 Å². The number of hydrogen-bond acceptors (Lipinski definition) is 2. The molecule has 0 bridgehead atoms. The molecule has 0 aromatic heterocycles. The van der Waals surface area contributed by atoms with Crippen LogP contribution in [-0.4, -0.2) is 25.4 Å². The molecule has 88 valence electrons. The number of halogens is 6. The van der Waals surface area contributed by atoms with E-state index in [1.165, 1.54) is 0 Å². The maximum Gasteiger partial charge on any atom is 0.405 e. The zero-order valence-corrected chi connectivity index (χ0v) is 7.41. The summed E-state index contributed by atoms with van der Waals surface area (Å²) >= 11 is 0. The second kappa shape index (κ2) is 5.21. The number of alkyl halides is 6. The summed E-state index contributed by atoms with van der Waals surface area (Å²) in [6, 6.07) is 0.971. The molecule has 0 rings (SSSR count). The maximum atomic E-state index is 11.9. The molecule has 0 aliphatic rings. The predicted molar refractivity (Wildman–Crippen MR) is 38.7 cm³/mol. The Morgan fingerprint density at radius 2 is 1.67 bits per heavy atom. The first-order valence-electron chi connectivity index (χ1n) is 3.90. The van der Waals surface area contributed by atoms with E-state index in [1.807, 2.05) is 5.32 Å². The minimum atomic E-state index is -4.71. The lowest BCUT2D eigenvalue weighted by molar-refractivity contribution is -0.158. The normalized spacial score (nSPS) is 14.7. The molecule has 15 heavy (non-hydrogen) atoms. The van der Waals surface area contributed by atoms with Gasteiger partial charge in [0.2, 0.25) is 0 Å². The van der Waals surface area contributed by atoms with Gasteiger partial charge in [-0.2, -0.15) is 31.6 Å². The molecule has 0 aliphatic heterocycles. The molecule has 0 radical (unpaired) electrons. The Balaban J connectivity index is 3.81. The molecule has 0 amide bonds. The van der Waals surface area contributed by atoms with Crippen molar-refractivity contribution >= 4 is 0 Å². The van der Waals surface area contributed by atoms with E-state index in [0.717, 1.165) is 6.07 Å². The second-order valence-corrected chi connectivity index (χ2v) is 2.79. The van der Waals surface area contributed by atoms with Crippen LogP contribution in [0.4, 0.5) is 26.3 Å². The molecule has 8 heteroatoms. The van der Waals surface area contributed by atoms with Gasteiger partial charge in [0.1, 0.15) is 0 Å². The molecule has 0 saturated carbocycles. The first-order valence-corrected chi connectivity index (χ1v) is 3.90. The minimum Gasteiger partial charge on any atom is -0.315 e. The highest BCUT2D eigenvalue weighted by molar-refractivity contribution is 4.89. The van der Waals surface area contributed by atoms with Crippen LogP contribution in [0.1, 0.15) is 6.42 Å².